The van der Waals surface area contributed by atoms with Crippen molar-refractivity contribution in [3.05, 3.63) is 88.5 Å². The fourth-order valence-electron chi connectivity index (χ4n) is 5.83. The largest absolute Gasteiger partial charge is 0.395 e. The normalized spacial score (nSPS) is 20.9. The second-order valence-corrected chi connectivity index (χ2v) is 13.3. The maximum absolute atomic E-state index is 14.0. The molecule has 1 aliphatic carbocycles. The zero-order valence-corrected chi connectivity index (χ0v) is 22.9. The molecule has 0 amide bonds. The molecule has 2 aromatic carbocycles. The number of piperidine rings is 1. The summed E-state index contributed by atoms with van der Waals surface area (Å²) < 4.78 is 43.4. The third kappa shape index (κ3) is 4.84. The van der Waals surface area contributed by atoms with Gasteiger partial charge in [0.05, 0.1) is 23.4 Å². The molecule has 0 bridgehead atoms. The summed E-state index contributed by atoms with van der Waals surface area (Å²) >= 11 is 0. The number of sulfonamides is 1. The van der Waals surface area contributed by atoms with Crippen molar-refractivity contribution in [1.82, 2.24) is 19.8 Å². The number of rotatable bonds is 7. The van der Waals surface area contributed by atoms with E-state index in [2.05, 4.69) is 42.4 Å². The van der Waals surface area contributed by atoms with Gasteiger partial charge in [-0.25, -0.2) is 12.8 Å². The van der Waals surface area contributed by atoms with Gasteiger partial charge in [-0.3, -0.25) is 5.10 Å². The van der Waals surface area contributed by atoms with Crippen LogP contribution < -0.4 is 5.32 Å². The third-order valence-electron chi connectivity index (χ3n) is 7.88. The van der Waals surface area contributed by atoms with Gasteiger partial charge in [0.25, 0.3) is 0 Å². The molecule has 0 radical (unpaired) electrons. The molecule has 3 N–H and O–H groups in total. The van der Waals surface area contributed by atoms with Crippen molar-refractivity contribution in [2.75, 3.05) is 26.2 Å². The van der Waals surface area contributed by atoms with Gasteiger partial charge in [-0.1, -0.05) is 50.6 Å². The number of hydrogen-bond acceptors (Lipinski definition) is 5. The number of nitrogens with zero attached hydrogens (tertiary/aromatic N) is 2. The molecule has 202 valence electrons. The second kappa shape index (κ2) is 10.0. The van der Waals surface area contributed by atoms with Crippen LogP contribution in [0.3, 0.4) is 0 Å². The van der Waals surface area contributed by atoms with Gasteiger partial charge in [-0.15, -0.1) is 0 Å². The smallest absolute Gasteiger partial charge is 0.243 e. The summed E-state index contributed by atoms with van der Waals surface area (Å²) in [6, 6.07) is 13.1. The van der Waals surface area contributed by atoms with E-state index in [0.717, 1.165) is 28.0 Å². The second-order valence-electron chi connectivity index (χ2n) is 11.3. The molecule has 1 fully saturated rings. The van der Waals surface area contributed by atoms with Crippen molar-refractivity contribution in [2.45, 2.75) is 50.0 Å². The fourth-order valence-corrected chi connectivity index (χ4v) is 7.34. The van der Waals surface area contributed by atoms with Crippen LogP contribution in [0.15, 0.2) is 65.2 Å². The average Bonchev–Trinajstić information content (AvgIpc) is 3.34. The SMILES string of the molecule is CC(C)(C)c1ccc(S(=O)(=O)N2CCC3=Cc4[nH]ncc4CC3([C@@H](NCCO)c3ccc(F)cc3)C2)cc1. The Morgan fingerprint density at radius 3 is 2.53 bits per heavy atom. The highest BCUT2D eigenvalue weighted by atomic mass is 32.2. The number of aromatic nitrogens is 2. The molecule has 1 aliphatic heterocycles. The lowest BCUT2D eigenvalue weighted by Gasteiger charge is -2.50. The topological polar surface area (TPSA) is 98.3 Å². The Morgan fingerprint density at radius 2 is 1.87 bits per heavy atom. The quantitative estimate of drug-likeness (QED) is 0.419. The number of hydrogen-bond donors (Lipinski definition) is 3. The van der Waals surface area contributed by atoms with Gasteiger partial charge in [0.2, 0.25) is 10.0 Å². The molecule has 0 spiro atoms. The first-order chi connectivity index (χ1) is 18.0. The molecule has 2 aliphatic rings. The zero-order chi connectivity index (χ0) is 27.1. The number of aliphatic hydroxyl groups excluding tert-OH is 1. The molecule has 5 rings (SSSR count). The van der Waals surface area contributed by atoms with Crippen LogP contribution in [0, 0.1) is 11.2 Å². The van der Waals surface area contributed by atoms with Crippen LogP contribution in [0.2, 0.25) is 0 Å². The first kappa shape index (κ1) is 26.7. The average molecular weight is 539 g/mol. The minimum absolute atomic E-state index is 0.0775. The van der Waals surface area contributed by atoms with Gasteiger partial charge >= 0.3 is 0 Å². The van der Waals surface area contributed by atoms with E-state index in [1.54, 1.807) is 34.8 Å². The number of fused-ring (bicyclic) bond motifs is 2. The maximum Gasteiger partial charge on any atom is 0.243 e. The van der Waals surface area contributed by atoms with Gasteiger partial charge in [0, 0.05) is 31.1 Å². The summed E-state index contributed by atoms with van der Waals surface area (Å²) in [7, 11) is -3.77. The number of H-pyrrole nitrogens is 1. The maximum atomic E-state index is 14.0. The summed E-state index contributed by atoms with van der Waals surface area (Å²) in [5, 5.41) is 20.4. The summed E-state index contributed by atoms with van der Waals surface area (Å²) in [5.74, 6) is -0.338. The zero-order valence-electron chi connectivity index (χ0n) is 22.0. The molecule has 2 atom stereocenters. The highest BCUT2D eigenvalue weighted by Crippen LogP contribution is 2.51. The summed E-state index contributed by atoms with van der Waals surface area (Å²) in [4.78, 5) is 0.273. The minimum atomic E-state index is -3.77. The van der Waals surface area contributed by atoms with Crippen molar-refractivity contribution in [2.24, 2.45) is 5.41 Å². The first-order valence-electron chi connectivity index (χ1n) is 13.0. The molecule has 38 heavy (non-hydrogen) atoms. The van der Waals surface area contributed by atoms with Crippen LogP contribution in [0.25, 0.3) is 6.08 Å². The minimum Gasteiger partial charge on any atom is -0.395 e. The standard InChI is InChI=1S/C29H35FN4O3S/c1-28(2,3)22-6-10-25(11-7-22)38(36,37)34-14-12-23-16-26-21(18-32-33-26)17-29(23,19-34)27(31-13-15-35)20-4-8-24(30)9-5-20/h4-11,16,18,27,31,35H,12-15,17,19H2,1-3H3,(H,32,33)/t27-,29?/m0/s1. The molecule has 9 heteroatoms. The van der Waals surface area contributed by atoms with Crippen LogP contribution in [0.4, 0.5) is 4.39 Å². The molecule has 7 nitrogen and oxygen atoms in total. The van der Waals surface area contributed by atoms with Crippen molar-refractivity contribution >= 4 is 16.1 Å². The highest BCUT2D eigenvalue weighted by molar-refractivity contribution is 7.89. The Labute approximate surface area is 223 Å². The Kier molecular flexibility index (Phi) is 7.06. The molecule has 1 aromatic heterocycles. The Bertz CT molecular complexity index is 1430. The van der Waals surface area contributed by atoms with E-state index in [9.17, 15) is 17.9 Å². The van der Waals surface area contributed by atoms with Gasteiger partial charge < -0.3 is 10.4 Å². The molecule has 1 saturated heterocycles. The van der Waals surface area contributed by atoms with E-state index in [1.165, 1.54) is 12.1 Å². The predicted molar refractivity (Wildman–Crippen MR) is 145 cm³/mol. The van der Waals surface area contributed by atoms with E-state index in [-0.39, 0.29) is 35.3 Å². The number of halogens is 1. The van der Waals surface area contributed by atoms with E-state index >= 15 is 0 Å². The van der Waals surface area contributed by atoms with Crippen molar-refractivity contribution < 1.29 is 17.9 Å². The molecule has 3 aromatic rings. The fraction of sp³-hybridized carbons (Fsp3) is 0.414. The van der Waals surface area contributed by atoms with Crippen LogP contribution in [-0.4, -0.2) is 54.3 Å². The van der Waals surface area contributed by atoms with Gasteiger partial charge in [-0.05, 0) is 65.3 Å². The number of nitrogens with one attached hydrogen (secondary N) is 2. The summed E-state index contributed by atoms with van der Waals surface area (Å²) in [6.45, 7) is 7.13. The Balaban J connectivity index is 1.58. The van der Waals surface area contributed by atoms with Crippen LogP contribution >= 0.6 is 0 Å². The lowest BCUT2D eigenvalue weighted by atomic mass is 9.63. The molecule has 2 heterocycles. The molecule has 1 unspecified atom stereocenters. The number of aliphatic hydroxyl groups is 1. The third-order valence-corrected chi connectivity index (χ3v) is 9.74. The first-order valence-corrected chi connectivity index (χ1v) is 14.4. The van der Waals surface area contributed by atoms with Crippen LogP contribution in [-0.2, 0) is 21.9 Å². The predicted octanol–water partition coefficient (Wildman–Crippen LogP) is 4.19. The monoisotopic (exact) mass is 538 g/mol. The van der Waals surface area contributed by atoms with E-state index < -0.39 is 15.4 Å². The molecular weight excluding hydrogens is 503 g/mol. The van der Waals surface area contributed by atoms with E-state index in [0.29, 0.717) is 25.9 Å². The van der Waals surface area contributed by atoms with Gasteiger partial charge in [0.1, 0.15) is 5.82 Å². The lowest BCUT2D eigenvalue weighted by Crippen LogP contribution is -2.55. The summed E-state index contributed by atoms with van der Waals surface area (Å²) in [6.07, 6.45) is 4.98. The lowest BCUT2D eigenvalue weighted by molar-refractivity contribution is 0.146. The highest BCUT2D eigenvalue weighted by Gasteiger charge is 2.50. The van der Waals surface area contributed by atoms with Gasteiger partial charge in [0.15, 0.2) is 0 Å². The van der Waals surface area contributed by atoms with Crippen molar-refractivity contribution in [3.63, 3.8) is 0 Å². The Hall–Kier alpha value is -2.85. The van der Waals surface area contributed by atoms with Crippen molar-refractivity contribution in [3.8, 4) is 0 Å². The summed E-state index contributed by atoms with van der Waals surface area (Å²) in [5.41, 5.74) is 4.23. The van der Waals surface area contributed by atoms with Crippen molar-refractivity contribution in [1.29, 1.82) is 0 Å². The van der Waals surface area contributed by atoms with E-state index in [1.807, 2.05) is 12.1 Å². The van der Waals surface area contributed by atoms with E-state index in [4.69, 9.17) is 0 Å². The van der Waals surface area contributed by atoms with Crippen LogP contribution in [0.5, 0.6) is 0 Å². The van der Waals surface area contributed by atoms with Gasteiger partial charge in [-0.2, -0.15) is 9.40 Å². The Morgan fingerprint density at radius 1 is 1.16 bits per heavy atom. The van der Waals surface area contributed by atoms with Crippen LogP contribution in [0.1, 0.15) is 55.6 Å². The number of aromatic amines is 1. The molecule has 0 saturated carbocycles. The molecular formula is C29H35FN4O3S. The number of benzene rings is 2.